The molecule has 0 N–H and O–H groups in total. The van der Waals surface area contributed by atoms with Gasteiger partial charge in [0.05, 0.1) is 24.3 Å². The maximum absolute atomic E-state index is 12.0. The van der Waals surface area contributed by atoms with Crippen LogP contribution in [0.5, 0.6) is 0 Å². The predicted octanol–water partition coefficient (Wildman–Crippen LogP) is 4.45. The number of nitrogens with zero attached hydrogens (tertiary/aromatic N) is 2. The molecule has 0 atom stereocenters. The quantitative estimate of drug-likeness (QED) is 0.438. The van der Waals surface area contributed by atoms with Gasteiger partial charge in [-0.25, -0.2) is 4.79 Å². The number of methoxy groups -OCH3 is 1. The minimum Gasteiger partial charge on any atom is -0.466 e. The molecule has 0 spiro atoms. The molecule has 28 heavy (non-hydrogen) atoms. The number of ether oxygens (including phenoxy) is 1. The predicted molar refractivity (Wildman–Crippen MR) is 110 cm³/mol. The molecule has 5 heteroatoms. The van der Waals surface area contributed by atoms with Crippen LogP contribution in [0.3, 0.4) is 0 Å². The molecule has 1 aliphatic rings. The molecule has 0 saturated heterocycles. The number of aliphatic imine (C=N–C) groups is 1. The summed E-state index contributed by atoms with van der Waals surface area (Å²) in [5.41, 5.74) is 0.875. The summed E-state index contributed by atoms with van der Waals surface area (Å²) in [6, 6.07) is 19.4. The highest BCUT2D eigenvalue weighted by Gasteiger charge is 2.51. The Kier molecular flexibility index (Phi) is 5.27. The number of benzene rings is 2. The summed E-state index contributed by atoms with van der Waals surface area (Å²) in [5.74, 6) is 0.650. The first-order valence-corrected chi connectivity index (χ1v) is 9.25. The number of rotatable bonds is 5. The lowest BCUT2D eigenvalue weighted by atomic mass is 9.84. The second kappa shape index (κ2) is 7.50. The fourth-order valence-electron chi connectivity index (χ4n) is 2.92. The number of hydroxylamine groups is 2. The average Bonchev–Trinajstić information content (AvgIpc) is 2.87. The van der Waals surface area contributed by atoms with E-state index < -0.39 is 17.0 Å². The Labute approximate surface area is 166 Å². The van der Waals surface area contributed by atoms with Gasteiger partial charge < -0.3 is 9.57 Å². The fraction of sp³-hybridized carbons (Fsp3) is 0.304. The van der Waals surface area contributed by atoms with E-state index in [1.807, 2.05) is 60.7 Å². The zero-order valence-corrected chi connectivity index (χ0v) is 17.0. The van der Waals surface area contributed by atoms with E-state index in [0.717, 1.165) is 17.0 Å². The van der Waals surface area contributed by atoms with Crippen LogP contribution in [0.4, 0.5) is 0 Å². The van der Waals surface area contributed by atoms with Gasteiger partial charge in [0.1, 0.15) is 0 Å². The van der Waals surface area contributed by atoms with Gasteiger partial charge in [0.25, 0.3) is 0 Å². The van der Waals surface area contributed by atoms with Crippen LogP contribution in [0, 0.1) is 0 Å². The lowest BCUT2D eigenvalue weighted by Crippen LogP contribution is -2.52. The molecule has 1 heterocycles. The molecule has 0 amide bonds. The molecule has 0 aliphatic carbocycles. The third-order valence-electron chi connectivity index (χ3n) is 5.31. The average molecular weight is 378 g/mol. The molecule has 0 radical (unpaired) electrons. The molecule has 0 fully saturated rings. The zero-order valence-electron chi connectivity index (χ0n) is 17.0. The highest BCUT2D eigenvalue weighted by atomic mass is 16.7. The van der Waals surface area contributed by atoms with Gasteiger partial charge in [0.15, 0.2) is 11.6 Å². The van der Waals surface area contributed by atoms with E-state index in [1.54, 1.807) is 5.06 Å². The van der Waals surface area contributed by atoms with E-state index in [-0.39, 0.29) is 0 Å². The van der Waals surface area contributed by atoms with Crippen LogP contribution < -0.4 is 0 Å². The molecule has 0 aromatic heterocycles. The van der Waals surface area contributed by atoms with Crippen LogP contribution in [0.15, 0.2) is 71.7 Å². The Hall–Kier alpha value is -3.08. The van der Waals surface area contributed by atoms with E-state index in [9.17, 15) is 4.79 Å². The molecule has 146 valence electrons. The van der Waals surface area contributed by atoms with E-state index >= 15 is 0 Å². The van der Waals surface area contributed by atoms with Crippen LogP contribution in [0.25, 0.3) is 5.76 Å². The highest BCUT2D eigenvalue weighted by Crippen LogP contribution is 2.41. The maximum Gasteiger partial charge on any atom is 0.334 e. The van der Waals surface area contributed by atoms with Crippen LogP contribution in [0.1, 0.15) is 38.8 Å². The molecule has 0 bridgehead atoms. The third kappa shape index (κ3) is 3.65. The van der Waals surface area contributed by atoms with Gasteiger partial charge >= 0.3 is 5.97 Å². The number of hydrogen-bond acceptors (Lipinski definition) is 5. The lowest BCUT2D eigenvalue weighted by molar-refractivity contribution is -0.135. The first-order valence-electron chi connectivity index (χ1n) is 9.25. The molecule has 3 rings (SSSR count). The van der Waals surface area contributed by atoms with Crippen molar-refractivity contribution in [3.8, 4) is 0 Å². The second-order valence-corrected chi connectivity index (χ2v) is 7.70. The molecule has 0 unspecified atom stereocenters. The van der Waals surface area contributed by atoms with E-state index in [1.165, 1.54) is 13.2 Å². The number of amidine groups is 1. The van der Waals surface area contributed by atoms with Crippen molar-refractivity contribution in [1.29, 1.82) is 0 Å². The van der Waals surface area contributed by atoms with Crippen molar-refractivity contribution >= 4 is 17.6 Å². The van der Waals surface area contributed by atoms with Gasteiger partial charge in [-0.3, -0.25) is 4.99 Å². The monoisotopic (exact) mass is 378 g/mol. The smallest absolute Gasteiger partial charge is 0.334 e. The standard InChI is InChI=1S/C23H26N2O3/c1-22(2)23(3,4)25(21(24-22)18-14-10-7-11-15-18)28-19(16-20(26)27-5)17-12-8-6-9-13-17/h6-16H,1-5H3/b19-16-. The molecular weight excluding hydrogens is 352 g/mol. The second-order valence-electron chi connectivity index (χ2n) is 7.70. The summed E-state index contributed by atoms with van der Waals surface area (Å²) in [7, 11) is 1.35. The van der Waals surface area contributed by atoms with Gasteiger partial charge in [-0.05, 0) is 27.7 Å². The van der Waals surface area contributed by atoms with E-state index in [4.69, 9.17) is 14.6 Å². The SMILES string of the molecule is COC(=O)/C=C(\ON1C(c2ccccc2)=NC(C)(C)C1(C)C)c1ccccc1. The minimum absolute atomic E-state index is 0.398. The first-order chi connectivity index (χ1) is 13.3. The van der Waals surface area contributed by atoms with Gasteiger partial charge in [-0.2, -0.15) is 5.06 Å². The summed E-state index contributed by atoms with van der Waals surface area (Å²) in [4.78, 5) is 23.3. The van der Waals surface area contributed by atoms with Crippen molar-refractivity contribution in [1.82, 2.24) is 5.06 Å². The Morgan fingerprint density at radius 3 is 2.11 bits per heavy atom. The van der Waals surface area contributed by atoms with Crippen molar-refractivity contribution in [2.24, 2.45) is 4.99 Å². The summed E-state index contributed by atoms with van der Waals surface area (Å²) in [5, 5.41) is 1.80. The maximum atomic E-state index is 12.0. The Morgan fingerprint density at radius 2 is 1.54 bits per heavy atom. The number of esters is 1. The van der Waals surface area contributed by atoms with Crippen molar-refractivity contribution in [2.75, 3.05) is 7.11 Å². The summed E-state index contributed by atoms with van der Waals surface area (Å²) >= 11 is 0. The minimum atomic E-state index is -0.478. The van der Waals surface area contributed by atoms with Crippen LogP contribution >= 0.6 is 0 Å². The third-order valence-corrected chi connectivity index (χ3v) is 5.31. The number of carbonyl (C=O) groups excluding carboxylic acids is 1. The molecular formula is C23H26N2O3. The van der Waals surface area contributed by atoms with Gasteiger partial charge in [0, 0.05) is 11.1 Å². The zero-order chi connectivity index (χ0) is 20.4. The molecule has 2 aromatic rings. The van der Waals surface area contributed by atoms with Gasteiger partial charge in [-0.1, -0.05) is 60.7 Å². The first kappa shape index (κ1) is 19.7. The van der Waals surface area contributed by atoms with Crippen molar-refractivity contribution in [3.63, 3.8) is 0 Å². The molecule has 0 saturated carbocycles. The highest BCUT2D eigenvalue weighted by molar-refractivity contribution is 6.01. The Morgan fingerprint density at radius 1 is 0.964 bits per heavy atom. The van der Waals surface area contributed by atoms with E-state index in [0.29, 0.717) is 5.76 Å². The van der Waals surface area contributed by atoms with Crippen molar-refractivity contribution in [2.45, 2.75) is 38.8 Å². The van der Waals surface area contributed by atoms with Crippen LogP contribution in [0.2, 0.25) is 0 Å². The van der Waals surface area contributed by atoms with E-state index in [2.05, 4.69) is 27.7 Å². The van der Waals surface area contributed by atoms with Crippen molar-refractivity contribution in [3.05, 3.63) is 77.9 Å². The Bertz CT molecular complexity index is 900. The largest absolute Gasteiger partial charge is 0.466 e. The molecule has 1 aliphatic heterocycles. The lowest BCUT2D eigenvalue weighted by Gasteiger charge is -2.40. The fourth-order valence-corrected chi connectivity index (χ4v) is 2.92. The summed E-state index contributed by atoms with van der Waals surface area (Å²) in [6.45, 7) is 8.30. The number of hydrogen-bond donors (Lipinski definition) is 0. The normalized spacial score (nSPS) is 17.8. The van der Waals surface area contributed by atoms with Crippen LogP contribution in [-0.4, -0.2) is 35.1 Å². The Balaban J connectivity index is 2.06. The topological polar surface area (TPSA) is 51.1 Å². The molecule has 2 aromatic carbocycles. The van der Waals surface area contributed by atoms with Gasteiger partial charge in [-0.15, -0.1) is 0 Å². The summed E-state index contributed by atoms with van der Waals surface area (Å²) < 4.78 is 4.83. The summed E-state index contributed by atoms with van der Waals surface area (Å²) in [6.07, 6.45) is 1.36. The molecule has 5 nitrogen and oxygen atoms in total. The number of carbonyl (C=O) groups is 1. The van der Waals surface area contributed by atoms with Crippen molar-refractivity contribution < 1.29 is 14.4 Å². The van der Waals surface area contributed by atoms with Gasteiger partial charge in [0.2, 0.25) is 0 Å². The van der Waals surface area contributed by atoms with Crippen LogP contribution in [-0.2, 0) is 14.4 Å².